The Labute approximate surface area is 200 Å². The van der Waals surface area contributed by atoms with Gasteiger partial charge in [-0.05, 0) is 23.6 Å². The average molecular weight is 454 g/mol. The summed E-state index contributed by atoms with van der Waals surface area (Å²) >= 11 is 0. The molecule has 3 aromatic rings. The maximum atomic E-state index is 13.4. The molecule has 5 heteroatoms. The van der Waals surface area contributed by atoms with E-state index in [1.165, 1.54) is 25.3 Å². The zero-order chi connectivity index (χ0) is 24.2. The first-order valence-electron chi connectivity index (χ1n) is 11.0. The van der Waals surface area contributed by atoms with E-state index in [9.17, 15) is 14.4 Å². The molecule has 0 saturated carbocycles. The topological polar surface area (TPSA) is 63.7 Å². The maximum absolute atomic E-state index is 13.4. The second-order valence-electron chi connectivity index (χ2n) is 7.65. The molecule has 0 fully saturated rings. The van der Waals surface area contributed by atoms with Crippen molar-refractivity contribution in [2.75, 3.05) is 7.11 Å². The number of ether oxygens (including phenoxy) is 1. The van der Waals surface area contributed by atoms with Crippen LogP contribution >= 0.6 is 0 Å². The first-order chi connectivity index (χ1) is 16.6. The molecule has 0 N–H and O–H groups in total. The van der Waals surface area contributed by atoms with Gasteiger partial charge in [0.2, 0.25) is 5.91 Å². The van der Waals surface area contributed by atoms with Crippen molar-refractivity contribution in [3.8, 4) is 0 Å². The number of allylic oxidation sites excluding steroid dienone is 1. The van der Waals surface area contributed by atoms with Crippen molar-refractivity contribution in [1.29, 1.82) is 0 Å². The molecule has 0 aliphatic carbocycles. The molecule has 3 rings (SSSR count). The number of nitrogens with zero attached hydrogens (tertiary/aromatic N) is 1. The summed E-state index contributed by atoms with van der Waals surface area (Å²) in [7, 11) is 1.31. The summed E-state index contributed by atoms with van der Waals surface area (Å²) in [6.07, 6.45) is 6.08. The van der Waals surface area contributed by atoms with E-state index in [0.717, 1.165) is 11.1 Å². The van der Waals surface area contributed by atoms with E-state index in [1.54, 1.807) is 35.2 Å². The van der Waals surface area contributed by atoms with Gasteiger partial charge >= 0.3 is 5.97 Å². The standard InChI is InChI=1S/C29H27NO4/c1-34-29(33)20-17-26(21-23-11-5-2-6-12-23)30(22-24-13-7-3-8-14-24)28(32)19-18-27(31)25-15-9-4-10-16-25/h2-20,26H,21-22H2,1H3/b19-18+,20-17+/t26-/m1/s1. The summed E-state index contributed by atoms with van der Waals surface area (Å²) in [4.78, 5) is 39.3. The van der Waals surface area contributed by atoms with Crippen LogP contribution < -0.4 is 0 Å². The van der Waals surface area contributed by atoms with Crippen molar-refractivity contribution in [3.63, 3.8) is 0 Å². The third-order valence-corrected chi connectivity index (χ3v) is 5.26. The summed E-state index contributed by atoms with van der Waals surface area (Å²) in [5.74, 6) is -1.08. The fourth-order valence-electron chi connectivity index (χ4n) is 3.48. The second kappa shape index (κ2) is 12.7. The molecule has 0 spiro atoms. The van der Waals surface area contributed by atoms with E-state index in [-0.39, 0.29) is 11.7 Å². The summed E-state index contributed by atoms with van der Waals surface area (Å²) in [5, 5.41) is 0. The lowest BCUT2D eigenvalue weighted by atomic mass is 10.0. The van der Waals surface area contributed by atoms with Gasteiger partial charge in [-0.25, -0.2) is 4.79 Å². The molecule has 0 saturated heterocycles. The lowest BCUT2D eigenvalue weighted by molar-refractivity contribution is -0.135. The SMILES string of the molecule is COC(=O)/C=C/[C@H](Cc1ccccc1)N(Cc1ccccc1)C(=O)/C=C/C(=O)c1ccccc1. The quantitative estimate of drug-likeness (QED) is 0.251. The molecule has 172 valence electrons. The smallest absolute Gasteiger partial charge is 0.330 e. The zero-order valence-electron chi connectivity index (χ0n) is 19.0. The van der Waals surface area contributed by atoms with E-state index < -0.39 is 12.0 Å². The minimum atomic E-state index is -0.500. The molecule has 3 aromatic carbocycles. The highest BCUT2D eigenvalue weighted by Crippen LogP contribution is 2.16. The van der Waals surface area contributed by atoms with E-state index in [1.807, 2.05) is 66.7 Å². The van der Waals surface area contributed by atoms with Gasteiger partial charge in [0.25, 0.3) is 0 Å². The van der Waals surface area contributed by atoms with E-state index in [4.69, 9.17) is 4.74 Å². The number of ketones is 1. The van der Waals surface area contributed by atoms with E-state index in [0.29, 0.717) is 18.5 Å². The second-order valence-corrected chi connectivity index (χ2v) is 7.65. The van der Waals surface area contributed by atoms with Crippen LogP contribution in [0.3, 0.4) is 0 Å². The Bertz CT molecular complexity index is 1140. The molecular weight excluding hydrogens is 426 g/mol. The molecule has 1 amide bonds. The molecule has 0 bridgehead atoms. The third-order valence-electron chi connectivity index (χ3n) is 5.26. The Kier molecular flexibility index (Phi) is 9.11. The predicted molar refractivity (Wildman–Crippen MR) is 132 cm³/mol. The minimum Gasteiger partial charge on any atom is -0.466 e. The van der Waals surface area contributed by atoms with Gasteiger partial charge in [-0.15, -0.1) is 0 Å². The number of carbonyl (C=O) groups is 3. The van der Waals surface area contributed by atoms with E-state index in [2.05, 4.69) is 0 Å². The van der Waals surface area contributed by atoms with Gasteiger partial charge in [-0.3, -0.25) is 9.59 Å². The van der Waals surface area contributed by atoms with Crippen molar-refractivity contribution >= 4 is 17.7 Å². The van der Waals surface area contributed by atoms with Crippen molar-refractivity contribution in [3.05, 3.63) is 132 Å². The largest absolute Gasteiger partial charge is 0.466 e. The Hall–Kier alpha value is -4.25. The van der Waals surface area contributed by atoms with Gasteiger partial charge in [0.05, 0.1) is 13.2 Å². The summed E-state index contributed by atoms with van der Waals surface area (Å²) < 4.78 is 4.75. The van der Waals surface area contributed by atoms with Crippen LogP contribution in [0.5, 0.6) is 0 Å². The van der Waals surface area contributed by atoms with Gasteiger partial charge in [-0.1, -0.05) is 97.1 Å². The number of carbonyl (C=O) groups excluding carboxylic acids is 3. The van der Waals surface area contributed by atoms with Crippen molar-refractivity contribution in [2.45, 2.75) is 19.0 Å². The number of hydrogen-bond acceptors (Lipinski definition) is 4. The maximum Gasteiger partial charge on any atom is 0.330 e. The lowest BCUT2D eigenvalue weighted by Crippen LogP contribution is -2.39. The van der Waals surface area contributed by atoms with Crippen molar-refractivity contribution in [1.82, 2.24) is 4.90 Å². The molecule has 5 nitrogen and oxygen atoms in total. The molecule has 34 heavy (non-hydrogen) atoms. The van der Waals surface area contributed by atoms with E-state index >= 15 is 0 Å². The van der Waals surface area contributed by atoms with Gasteiger partial charge in [0.1, 0.15) is 0 Å². The molecule has 0 radical (unpaired) electrons. The van der Waals surface area contributed by atoms with Crippen LogP contribution in [0, 0.1) is 0 Å². The zero-order valence-corrected chi connectivity index (χ0v) is 19.0. The number of rotatable bonds is 10. The van der Waals surface area contributed by atoms with Crippen LogP contribution in [-0.4, -0.2) is 35.7 Å². The molecular formula is C29H27NO4. The molecule has 0 aliphatic heterocycles. The first kappa shape index (κ1) is 24.4. The summed E-state index contributed by atoms with van der Waals surface area (Å²) in [6, 6.07) is 27.7. The molecule has 0 unspecified atom stereocenters. The normalized spacial score (nSPS) is 11.9. The fraction of sp³-hybridized carbons (Fsp3) is 0.138. The monoisotopic (exact) mass is 453 g/mol. The van der Waals surface area contributed by atoms with Gasteiger partial charge in [-0.2, -0.15) is 0 Å². The van der Waals surface area contributed by atoms with Gasteiger partial charge < -0.3 is 9.64 Å². The average Bonchev–Trinajstić information content (AvgIpc) is 2.89. The molecule has 0 aliphatic rings. The summed E-state index contributed by atoms with van der Waals surface area (Å²) in [6.45, 7) is 0.312. The highest BCUT2D eigenvalue weighted by Gasteiger charge is 2.22. The van der Waals surface area contributed by atoms with Crippen LogP contribution in [0.4, 0.5) is 0 Å². The number of hydrogen-bond donors (Lipinski definition) is 0. The van der Waals surface area contributed by atoms with Crippen LogP contribution in [0.15, 0.2) is 115 Å². The lowest BCUT2D eigenvalue weighted by Gasteiger charge is -2.29. The molecule has 0 aromatic heterocycles. The van der Waals surface area contributed by atoms with Crippen molar-refractivity contribution in [2.24, 2.45) is 0 Å². The molecule has 1 atom stereocenters. The number of benzene rings is 3. The van der Waals surface area contributed by atoms with Crippen LogP contribution in [0.2, 0.25) is 0 Å². The summed E-state index contributed by atoms with van der Waals surface area (Å²) in [5.41, 5.74) is 2.45. The Morgan fingerprint density at radius 3 is 1.91 bits per heavy atom. The highest BCUT2D eigenvalue weighted by atomic mass is 16.5. The fourth-order valence-corrected chi connectivity index (χ4v) is 3.48. The number of amides is 1. The highest BCUT2D eigenvalue weighted by molar-refractivity contribution is 6.07. The van der Waals surface area contributed by atoms with Gasteiger partial charge in [0.15, 0.2) is 5.78 Å². The van der Waals surface area contributed by atoms with Crippen molar-refractivity contribution < 1.29 is 19.1 Å². The third kappa shape index (κ3) is 7.41. The van der Waals surface area contributed by atoms with Crippen LogP contribution in [-0.2, 0) is 27.3 Å². The van der Waals surface area contributed by atoms with Crippen LogP contribution in [0.1, 0.15) is 21.5 Å². The predicted octanol–water partition coefficient (Wildman–Crippen LogP) is 4.79. The molecule has 0 heterocycles. The number of esters is 1. The Morgan fingerprint density at radius 2 is 1.32 bits per heavy atom. The first-order valence-corrected chi connectivity index (χ1v) is 11.0. The van der Waals surface area contributed by atoms with Gasteiger partial charge in [0, 0.05) is 24.3 Å². The Morgan fingerprint density at radius 1 is 0.765 bits per heavy atom. The minimum absolute atomic E-state index is 0.252. The van der Waals surface area contributed by atoms with Crippen LogP contribution in [0.25, 0.3) is 0 Å². The number of methoxy groups -OCH3 is 1. The Balaban J connectivity index is 1.92.